The Bertz CT molecular complexity index is 456. The Hall–Kier alpha value is -1.39. The predicted molar refractivity (Wildman–Crippen MR) is 74.1 cm³/mol. The molecule has 1 unspecified atom stereocenters. The molecule has 5 heteroatoms. The number of ether oxygens (including phenoxy) is 1. The molecule has 0 bridgehead atoms. The van der Waals surface area contributed by atoms with Crippen LogP contribution in [0.3, 0.4) is 0 Å². The zero-order valence-corrected chi connectivity index (χ0v) is 12.8. The lowest BCUT2D eigenvalue weighted by molar-refractivity contribution is -0.150. The van der Waals surface area contributed by atoms with Crippen molar-refractivity contribution in [1.82, 2.24) is 10.1 Å². The van der Waals surface area contributed by atoms with Crippen LogP contribution in [-0.2, 0) is 14.9 Å². The zero-order valence-electron chi connectivity index (χ0n) is 12.8. The first-order valence-corrected chi connectivity index (χ1v) is 7.40. The minimum absolute atomic E-state index is 0.167. The Morgan fingerprint density at radius 2 is 2.05 bits per heavy atom. The van der Waals surface area contributed by atoms with E-state index in [0.717, 1.165) is 12.8 Å². The van der Waals surface area contributed by atoms with E-state index < -0.39 is 6.10 Å². The molecule has 112 valence electrons. The lowest BCUT2D eigenvalue weighted by Gasteiger charge is -2.13. The van der Waals surface area contributed by atoms with Crippen LogP contribution in [0.2, 0.25) is 0 Å². The van der Waals surface area contributed by atoms with Crippen molar-refractivity contribution in [3.8, 4) is 0 Å². The Balaban J connectivity index is 1.89. The first-order chi connectivity index (χ1) is 9.36. The molecule has 0 aliphatic heterocycles. The molecule has 0 amide bonds. The van der Waals surface area contributed by atoms with Gasteiger partial charge >= 0.3 is 5.97 Å². The monoisotopic (exact) mass is 280 g/mol. The van der Waals surface area contributed by atoms with Gasteiger partial charge in [-0.25, -0.2) is 0 Å². The van der Waals surface area contributed by atoms with Gasteiger partial charge in [-0.1, -0.05) is 38.8 Å². The second kappa shape index (κ2) is 5.94. The van der Waals surface area contributed by atoms with Crippen molar-refractivity contribution in [2.45, 2.75) is 71.3 Å². The molecule has 20 heavy (non-hydrogen) atoms. The van der Waals surface area contributed by atoms with E-state index in [1.54, 1.807) is 6.92 Å². The molecular weight excluding hydrogens is 256 g/mol. The SMILES string of the molecule is CC(OC(=O)CC1CCCC1)c1nc(C(C)(C)C)no1. The topological polar surface area (TPSA) is 65.2 Å². The molecule has 1 fully saturated rings. The van der Waals surface area contributed by atoms with E-state index >= 15 is 0 Å². The number of esters is 1. The van der Waals surface area contributed by atoms with Gasteiger partial charge in [0.25, 0.3) is 5.89 Å². The summed E-state index contributed by atoms with van der Waals surface area (Å²) in [5.74, 6) is 1.32. The predicted octanol–water partition coefficient (Wildman–Crippen LogP) is 3.55. The van der Waals surface area contributed by atoms with Gasteiger partial charge in [-0.3, -0.25) is 4.79 Å². The second-order valence-electron chi connectivity index (χ2n) is 6.69. The number of hydrogen-bond donors (Lipinski definition) is 0. The molecule has 0 aromatic carbocycles. The fraction of sp³-hybridized carbons (Fsp3) is 0.800. The molecule has 2 rings (SSSR count). The highest BCUT2D eigenvalue weighted by Gasteiger charge is 2.26. The number of carbonyl (C=O) groups excluding carboxylic acids is 1. The van der Waals surface area contributed by atoms with Crippen molar-refractivity contribution in [2.24, 2.45) is 5.92 Å². The summed E-state index contributed by atoms with van der Waals surface area (Å²) in [6.07, 6.45) is 4.76. The van der Waals surface area contributed by atoms with Crippen molar-refractivity contribution in [2.75, 3.05) is 0 Å². The highest BCUT2D eigenvalue weighted by atomic mass is 16.6. The molecular formula is C15H24N2O3. The molecule has 0 saturated heterocycles. The normalized spacial score (nSPS) is 18.2. The average Bonchev–Trinajstić information content (AvgIpc) is 2.97. The van der Waals surface area contributed by atoms with Crippen LogP contribution in [0.15, 0.2) is 4.52 Å². The van der Waals surface area contributed by atoms with Crippen LogP contribution in [0.25, 0.3) is 0 Å². The van der Waals surface area contributed by atoms with E-state index in [1.165, 1.54) is 12.8 Å². The minimum Gasteiger partial charge on any atom is -0.453 e. The average molecular weight is 280 g/mol. The largest absolute Gasteiger partial charge is 0.453 e. The van der Waals surface area contributed by atoms with Gasteiger partial charge in [-0.15, -0.1) is 0 Å². The van der Waals surface area contributed by atoms with Crippen LogP contribution in [0.1, 0.15) is 77.6 Å². The lowest BCUT2D eigenvalue weighted by Crippen LogP contribution is -2.15. The maximum absolute atomic E-state index is 11.9. The summed E-state index contributed by atoms with van der Waals surface area (Å²) < 4.78 is 10.6. The smallest absolute Gasteiger partial charge is 0.306 e. The van der Waals surface area contributed by atoms with Crippen molar-refractivity contribution < 1.29 is 14.1 Å². The van der Waals surface area contributed by atoms with Crippen molar-refractivity contribution in [3.05, 3.63) is 11.7 Å². The van der Waals surface area contributed by atoms with E-state index in [1.807, 2.05) is 20.8 Å². The summed E-state index contributed by atoms with van der Waals surface area (Å²) in [6, 6.07) is 0. The summed E-state index contributed by atoms with van der Waals surface area (Å²) in [4.78, 5) is 16.2. The first-order valence-electron chi connectivity index (χ1n) is 7.40. The van der Waals surface area contributed by atoms with Crippen LogP contribution >= 0.6 is 0 Å². The number of nitrogens with zero attached hydrogens (tertiary/aromatic N) is 2. The van der Waals surface area contributed by atoms with Gasteiger partial charge in [-0.05, 0) is 25.7 Å². The third-order valence-electron chi connectivity index (χ3n) is 3.70. The zero-order chi connectivity index (χ0) is 14.8. The maximum Gasteiger partial charge on any atom is 0.306 e. The number of aromatic nitrogens is 2. The molecule has 1 aliphatic rings. The molecule has 1 heterocycles. The Morgan fingerprint density at radius 3 is 2.60 bits per heavy atom. The number of carbonyl (C=O) groups is 1. The molecule has 1 aliphatic carbocycles. The van der Waals surface area contributed by atoms with E-state index in [2.05, 4.69) is 10.1 Å². The fourth-order valence-electron chi connectivity index (χ4n) is 2.45. The second-order valence-corrected chi connectivity index (χ2v) is 6.69. The highest BCUT2D eigenvalue weighted by molar-refractivity contribution is 5.69. The number of rotatable bonds is 4. The van der Waals surface area contributed by atoms with Crippen LogP contribution in [0, 0.1) is 5.92 Å². The van der Waals surface area contributed by atoms with Crippen molar-refractivity contribution in [3.63, 3.8) is 0 Å². The van der Waals surface area contributed by atoms with Crippen LogP contribution in [-0.4, -0.2) is 16.1 Å². The molecule has 1 atom stereocenters. The molecule has 1 aromatic heterocycles. The van der Waals surface area contributed by atoms with E-state index in [0.29, 0.717) is 24.1 Å². The summed E-state index contributed by atoms with van der Waals surface area (Å²) in [5, 5.41) is 3.94. The molecule has 1 aromatic rings. The third-order valence-corrected chi connectivity index (χ3v) is 3.70. The Morgan fingerprint density at radius 1 is 1.40 bits per heavy atom. The van der Waals surface area contributed by atoms with Crippen LogP contribution in [0.4, 0.5) is 0 Å². The molecule has 0 N–H and O–H groups in total. The van der Waals surface area contributed by atoms with Gasteiger partial charge in [0.2, 0.25) is 0 Å². The molecule has 0 spiro atoms. The summed E-state index contributed by atoms with van der Waals surface area (Å²) in [7, 11) is 0. The van der Waals surface area contributed by atoms with Gasteiger partial charge in [0.15, 0.2) is 11.9 Å². The van der Waals surface area contributed by atoms with E-state index in [4.69, 9.17) is 9.26 Å². The van der Waals surface area contributed by atoms with Gasteiger partial charge < -0.3 is 9.26 Å². The first kappa shape index (κ1) is 15.0. The van der Waals surface area contributed by atoms with Gasteiger partial charge in [0.1, 0.15) is 0 Å². The maximum atomic E-state index is 11.9. The standard InChI is InChI=1S/C15H24N2O3/c1-10(13-16-14(17-20-13)15(2,3)4)19-12(18)9-11-7-5-6-8-11/h10-11H,5-9H2,1-4H3. The van der Waals surface area contributed by atoms with E-state index in [9.17, 15) is 4.79 Å². The van der Waals surface area contributed by atoms with Crippen molar-refractivity contribution in [1.29, 1.82) is 0 Å². The summed E-state index contributed by atoms with van der Waals surface area (Å²) >= 11 is 0. The van der Waals surface area contributed by atoms with E-state index in [-0.39, 0.29) is 11.4 Å². The highest BCUT2D eigenvalue weighted by Crippen LogP contribution is 2.29. The third kappa shape index (κ3) is 3.81. The Kier molecular flexibility index (Phi) is 4.45. The fourth-order valence-corrected chi connectivity index (χ4v) is 2.45. The van der Waals surface area contributed by atoms with Gasteiger partial charge in [0.05, 0.1) is 0 Å². The van der Waals surface area contributed by atoms with Gasteiger partial charge in [0, 0.05) is 11.8 Å². The lowest BCUT2D eigenvalue weighted by atomic mass is 9.96. The van der Waals surface area contributed by atoms with Gasteiger partial charge in [-0.2, -0.15) is 4.98 Å². The molecule has 0 radical (unpaired) electrons. The van der Waals surface area contributed by atoms with Crippen molar-refractivity contribution >= 4 is 5.97 Å². The summed E-state index contributed by atoms with van der Waals surface area (Å²) in [5.41, 5.74) is -0.171. The molecule has 1 saturated carbocycles. The quantitative estimate of drug-likeness (QED) is 0.789. The van der Waals surface area contributed by atoms with Crippen LogP contribution in [0.5, 0.6) is 0 Å². The minimum atomic E-state index is -0.479. The summed E-state index contributed by atoms with van der Waals surface area (Å²) in [6.45, 7) is 7.81. The Labute approximate surface area is 120 Å². The number of hydrogen-bond acceptors (Lipinski definition) is 5. The molecule has 5 nitrogen and oxygen atoms in total. The van der Waals surface area contributed by atoms with Crippen LogP contribution < -0.4 is 0 Å².